The van der Waals surface area contributed by atoms with Crippen LogP contribution in [0.5, 0.6) is 0 Å². The minimum Gasteiger partial charge on any atom is -0.457 e. The topological polar surface area (TPSA) is 471 Å². The summed E-state index contributed by atoms with van der Waals surface area (Å²) >= 11 is 0. The summed E-state index contributed by atoms with van der Waals surface area (Å²) in [5.41, 5.74) is 4.34. The average Bonchev–Trinajstić information content (AvgIpc) is 1.69. The van der Waals surface area contributed by atoms with E-state index in [2.05, 4.69) is 63.1 Å². The van der Waals surface area contributed by atoms with Crippen molar-refractivity contribution < 1.29 is 96.6 Å². The van der Waals surface area contributed by atoms with Crippen LogP contribution >= 0.6 is 43.2 Å². The largest absolute Gasteiger partial charge is 0.457 e. The molecule has 10 amide bonds. The number of benzene rings is 3. The Morgan fingerprint density at radius 3 is 1.40 bits per heavy atom. The van der Waals surface area contributed by atoms with Crippen LogP contribution in [0.25, 0.3) is 21.8 Å². The number of rotatable bonds is 18. The number of aromatic nitrogens is 2. The number of fused-ring (bicyclic) bond motifs is 16. The SMILES string of the molecule is CC(C)[C@H]1NC(=O)[C@H]2CSSCC/C=C/[C@H](CC(=O)N[C@H](CCCCNC(=O)OCc3ccccc3)C(=O)N2)OC(=O)C[C@@H]1O.CC(C)[C@H]1NC(=O)[C@H]2CSSCC/C=C/[C@H](CC(=O)N[C@H](Cc3c[nH]c4ccccc34)C(=O)N2)OC(=O)C[C@@H]1O.CCC/C=C/[C@@H]1CC(=O)N[C@H](Cc2c[nH]c3ccccc23)C(=O)N[C@H](CC)C(=O)N[C@H](C(C)C)[C@@H](O)CC(=O)O1. The highest BCUT2D eigenvalue weighted by molar-refractivity contribution is 8.77. The van der Waals surface area contributed by atoms with E-state index in [1.807, 2.05) is 146 Å². The van der Waals surface area contributed by atoms with Gasteiger partial charge in [-0.3, -0.25) is 57.5 Å². The standard InChI is InChI=1S/C31H44N4O8S2.C30H42N4O6.C28H36N4O6S2/c1-20(2)28-25(36)17-27(38)43-22-12-7-9-15-44-45-19-24(30(40)35-28)34-29(39)23(33-26(37)16-22)13-6-8-14-32-31(41)42-18-21-10-4-3-5-11-21;1-5-7-8-11-20-15-26(36)32-24(14-19-17-31-23-13-10-9-12-21(19)23)30(39)33-22(6-2)29(38)34-28(18(3)4)25(35)16-27(37)40-20;1-16(2)26-23(33)13-25(35)38-18-7-5-6-10-39-40-15-22(28(37)32-26)31-27(36)21(30-24(34)12-18)11-17-14-29-20-9-4-3-8-19(17)20/h3-5,7,10-12,20,22-25,28,36H,6,8-9,13-19H2,1-2H3,(H,32,41)(H,33,37)(H,34,39)(H,35,40);8-13,17-18,20,22,24-25,28,31,35H,5-7,14-16H2,1-4H3,(H,32,36)(H,33,39)(H,34,38);3-5,7-9,14,16,18,21-23,26,29,33H,6,10-13,15H2,1-2H3,(H,30,34)(H,31,36)(H,32,37)/b12-7+;11-8+;7-5+/t22-,23-,24-,25+,28-;20-,22-,24-,25+,28-;18-,21-,22-,23+,26-/m111/s1. The van der Waals surface area contributed by atoms with Gasteiger partial charge in [0.2, 0.25) is 53.2 Å². The third kappa shape index (κ3) is 33.8. The number of aromatic amines is 2. The Morgan fingerprint density at radius 2 is 0.920 bits per heavy atom. The quantitative estimate of drug-likeness (QED) is 0.0133. The predicted octanol–water partition coefficient (Wildman–Crippen LogP) is 7.48. The molecule has 3 aromatic carbocycles. The Labute approximate surface area is 744 Å². The third-order valence-electron chi connectivity index (χ3n) is 21.2. The Bertz CT molecular complexity index is 4500. The Kier molecular flexibility index (Phi) is 42.1. The summed E-state index contributed by atoms with van der Waals surface area (Å²) in [4.78, 5) is 177. The fraction of sp³-hybridized carbons (Fsp3) is 0.539. The van der Waals surface area contributed by atoms with E-state index in [1.165, 1.54) is 32.4 Å². The first-order valence-corrected chi connectivity index (χ1v) is 47.8. The number of nitrogens with one attached hydrogen (secondary N) is 12. The van der Waals surface area contributed by atoms with E-state index in [0.717, 1.165) is 57.1 Å². The number of aliphatic hydroxyl groups is 3. The van der Waals surface area contributed by atoms with Crippen LogP contribution in [-0.4, -0.2) is 223 Å². The van der Waals surface area contributed by atoms with Gasteiger partial charge in [-0.1, -0.05) is 190 Å². The zero-order valence-corrected chi connectivity index (χ0v) is 75.3. The second-order valence-electron chi connectivity index (χ2n) is 32.3. The van der Waals surface area contributed by atoms with Gasteiger partial charge < -0.3 is 97.4 Å². The molecule has 125 heavy (non-hydrogen) atoms. The number of unbranched alkanes of at least 4 members (excludes halogenated alkanes) is 2. The molecule has 0 aliphatic carbocycles. The summed E-state index contributed by atoms with van der Waals surface area (Å²) in [6.45, 7) is 15.1. The van der Waals surface area contributed by atoms with Crippen LogP contribution in [0.4, 0.5) is 4.79 Å². The number of hydrogen-bond donors (Lipinski definition) is 15. The maximum absolute atomic E-state index is 13.7. The van der Waals surface area contributed by atoms with Gasteiger partial charge in [-0.2, -0.15) is 0 Å². The van der Waals surface area contributed by atoms with Crippen LogP contribution in [-0.2, 0) is 95.9 Å². The van der Waals surface area contributed by atoms with Crippen molar-refractivity contribution in [2.24, 2.45) is 17.8 Å². The number of allylic oxidation sites excluding steroid dienone is 3. The van der Waals surface area contributed by atoms with E-state index in [-0.39, 0.29) is 93.7 Å². The van der Waals surface area contributed by atoms with Gasteiger partial charge in [0.15, 0.2) is 0 Å². The summed E-state index contributed by atoms with van der Waals surface area (Å²) < 4.78 is 21.9. The molecule has 0 radical (unpaired) electrons. The zero-order valence-electron chi connectivity index (χ0n) is 72.0. The molecule has 0 saturated carbocycles. The molecule has 3 saturated heterocycles. The smallest absolute Gasteiger partial charge is 0.407 e. The number of cyclic esters (lactones) is 1. The molecular weight excluding hydrogens is 1690 g/mol. The van der Waals surface area contributed by atoms with E-state index in [1.54, 1.807) is 48.3 Å². The van der Waals surface area contributed by atoms with Crippen LogP contribution in [0.15, 0.2) is 128 Å². The first kappa shape index (κ1) is 101. The van der Waals surface area contributed by atoms with Gasteiger partial charge in [0.1, 0.15) is 61.2 Å². The van der Waals surface area contributed by atoms with Crippen molar-refractivity contribution >= 4 is 142 Å². The number of esters is 3. The number of carbonyl (C=O) groups is 13. The number of amides is 10. The molecule has 3 fully saturated rings. The number of aliphatic hydroxyl groups excluding tert-OH is 3. The fourth-order valence-electron chi connectivity index (χ4n) is 14.4. The summed E-state index contributed by atoms with van der Waals surface area (Å²) in [7, 11) is 6.00. The highest BCUT2D eigenvalue weighted by atomic mass is 33.1. The number of carbonyl (C=O) groups excluding carboxylic acids is 13. The lowest BCUT2D eigenvalue weighted by Gasteiger charge is -2.29. The summed E-state index contributed by atoms with van der Waals surface area (Å²) in [6, 6.07) is 16.7. The number of H-pyrrole nitrogens is 2. The molecule has 4 bridgehead atoms. The van der Waals surface area contributed by atoms with Crippen LogP contribution in [0.2, 0.25) is 0 Å². The number of ether oxygens (including phenoxy) is 4. The molecule has 10 rings (SSSR count). The lowest BCUT2D eigenvalue weighted by atomic mass is 9.95. The first-order valence-electron chi connectivity index (χ1n) is 42.8. The molecule has 5 aliphatic rings. The molecule has 15 N–H and O–H groups in total. The first-order chi connectivity index (χ1) is 59.9. The molecule has 682 valence electrons. The van der Waals surface area contributed by atoms with Crippen molar-refractivity contribution in [3.8, 4) is 0 Å². The summed E-state index contributed by atoms with van der Waals surface area (Å²) in [5.74, 6) is -5.14. The molecule has 5 aromatic rings. The summed E-state index contributed by atoms with van der Waals surface area (Å²) in [6.07, 6.45) is 10.4. The minimum atomic E-state index is -1.23. The molecule has 32 nitrogen and oxygen atoms in total. The molecule has 2 aromatic heterocycles. The van der Waals surface area contributed by atoms with Gasteiger partial charge in [0.05, 0.1) is 75.0 Å². The van der Waals surface area contributed by atoms with E-state index in [9.17, 15) is 77.6 Å². The molecule has 36 heteroatoms. The molecule has 0 spiro atoms. The van der Waals surface area contributed by atoms with Gasteiger partial charge in [0, 0.05) is 76.6 Å². The van der Waals surface area contributed by atoms with E-state index in [0.29, 0.717) is 44.4 Å². The van der Waals surface area contributed by atoms with Crippen LogP contribution in [0.1, 0.15) is 162 Å². The molecule has 0 unspecified atom stereocenters. The highest BCUT2D eigenvalue weighted by Crippen LogP contribution is 2.29. The fourth-order valence-corrected chi connectivity index (χ4v) is 18.7. The number of hydrogen-bond acceptors (Lipinski definition) is 24. The van der Waals surface area contributed by atoms with Crippen LogP contribution in [0, 0.1) is 17.8 Å². The van der Waals surface area contributed by atoms with Crippen molar-refractivity contribution in [1.82, 2.24) is 63.1 Å². The second-order valence-corrected chi connectivity index (χ2v) is 37.5. The van der Waals surface area contributed by atoms with Crippen LogP contribution in [0.3, 0.4) is 0 Å². The second kappa shape index (κ2) is 52.3. The maximum atomic E-state index is 13.7. The molecular formula is C89H122N12O20S4. The Hall–Kier alpha value is -9.85. The molecule has 15 atom stereocenters. The minimum absolute atomic E-state index is 0.148. The van der Waals surface area contributed by atoms with Crippen molar-refractivity contribution in [1.29, 1.82) is 0 Å². The maximum Gasteiger partial charge on any atom is 0.407 e. The normalized spacial score (nSPS) is 26.8. The Balaban J connectivity index is 0.000000233. The van der Waals surface area contributed by atoms with Crippen molar-refractivity contribution in [3.63, 3.8) is 0 Å². The highest BCUT2D eigenvalue weighted by Gasteiger charge is 2.39. The Morgan fingerprint density at radius 1 is 0.488 bits per heavy atom. The van der Waals surface area contributed by atoms with E-state index < -0.39 is 168 Å². The molecule has 7 heterocycles. The van der Waals surface area contributed by atoms with Gasteiger partial charge in [0.25, 0.3) is 0 Å². The van der Waals surface area contributed by atoms with Gasteiger partial charge in [-0.15, -0.1) is 0 Å². The zero-order chi connectivity index (χ0) is 90.5. The van der Waals surface area contributed by atoms with E-state index >= 15 is 0 Å². The van der Waals surface area contributed by atoms with Gasteiger partial charge >= 0.3 is 24.0 Å². The monoisotopic (exact) mass is 1810 g/mol. The van der Waals surface area contributed by atoms with Crippen LogP contribution < -0.4 is 53.2 Å². The molecule has 5 aliphatic heterocycles. The summed E-state index contributed by atoms with van der Waals surface area (Å²) in [5, 5.41) is 62.3. The van der Waals surface area contributed by atoms with Crippen molar-refractivity contribution in [2.45, 2.75) is 256 Å². The van der Waals surface area contributed by atoms with Gasteiger partial charge in [-0.25, -0.2) is 4.79 Å². The average molecular weight is 1810 g/mol. The third-order valence-corrected chi connectivity index (χ3v) is 26.1. The lowest BCUT2D eigenvalue weighted by Crippen LogP contribution is -2.58. The van der Waals surface area contributed by atoms with E-state index in [4.69, 9.17) is 18.9 Å². The number of alkyl carbamates (subject to hydrolysis) is 1. The van der Waals surface area contributed by atoms with Crippen molar-refractivity contribution in [2.75, 3.05) is 29.6 Å². The number of para-hydroxylation sites is 2. The predicted molar refractivity (Wildman–Crippen MR) is 481 cm³/mol. The van der Waals surface area contributed by atoms with Crippen molar-refractivity contribution in [3.05, 3.63) is 144 Å². The van der Waals surface area contributed by atoms with Gasteiger partial charge in [-0.05, 0) is 110 Å². The lowest BCUT2D eigenvalue weighted by molar-refractivity contribution is -0.152.